The first-order chi connectivity index (χ1) is 9.66. The Morgan fingerprint density at radius 1 is 1.35 bits per heavy atom. The number of aryl methyl sites for hydroxylation is 1. The molecule has 114 valence electrons. The minimum atomic E-state index is 0.434. The first kappa shape index (κ1) is 15.5. The van der Waals surface area contributed by atoms with Crippen molar-refractivity contribution in [1.82, 2.24) is 20.0 Å². The fraction of sp³-hybridized carbons (Fsp3) is 0.800. The molecule has 0 aliphatic carbocycles. The summed E-state index contributed by atoms with van der Waals surface area (Å²) in [5.74, 6) is 0. The Morgan fingerprint density at radius 3 is 2.75 bits per heavy atom. The van der Waals surface area contributed by atoms with Crippen molar-refractivity contribution in [2.24, 2.45) is 0 Å². The van der Waals surface area contributed by atoms with Gasteiger partial charge in [0.2, 0.25) is 0 Å². The van der Waals surface area contributed by atoms with Gasteiger partial charge in [-0.1, -0.05) is 0 Å². The summed E-state index contributed by atoms with van der Waals surface area (Å²) in [6, 6.07) is 0.434. The van der Waals surface area contributed by atoms with Crippen molar-refractivity contribution in [2.45, 2.75) is 39.8 Å². The molecule has 5 nitrogen and oxygen atoms in total. The van der Waals surface area contributed by atoms with Crippen LogP contribution in [0.4, 0.5) is 0 Å². The smallest absolute Gasteiger partial charge is 0.0638 e. The molecule has 0 spiro atoms. The Balaban J connectivity index is 1.63. The van der Waals surface area contributed by atoms with Crippen LogP contribution >= 0.6 is 0 Å². The van der Waals surface area contributed by atoms with Crippen LogP contribution in [0.5, 0.6) is 0 Å². The second-order valence-electron chi connectivity index (χ2n) is 5.80. The van der Waals surface area contributed by atoms with Gasteiger partial charge in [0.05, 0.1) is 18.9 Å². The molecule has 1 N–H and O–H groups in total. The van der Waals surface area contributed by atoms with Gasteiger partial charge in [-0.25, -0.2) is 0 Å². The zero-order valence-electron chi connectivity index (χ0n) is 13.1. The van der Waals surface area contributed by atoms with Gasteiger partial charge in [-0.15, -0.1) is 0 Å². The van der Waals surface area contributed by atoms with Gasteiger partial charge < -0.3 is 10.1 Å². The summed E-state index contributed by atoms with van der Waals surface area (Å²) in [5, 5.41) is 8.06. The Kier molecular flexibility index (Phi) is 6.01. The van der Waals surface area contributed by atoms with Gasteiger partial charge in [0, 0.05) is 37.4 Å². The van der Waals surface area contributed by atoms with Crippen LogP contribution in [0.2, 0.25) is 0 Å². The van der Waals surface area contributed by atoms with Crippen LogP contribution in [0.1, 0.15) is 37.6 Å². The maximum atomic E-state index is 5.35. The zero-order valence-corrected chi connectivity index (χ0v) is 13.1. The standard InChI is InChI=1S/C15H28N4O/c1-13(2)19-12-15(14(3)17-19)11-16-5-4-6-18-7-9-20-10-8-18/h12-13,16H,4-11H2,1-3H3. The van der Waals surface area contributed by atoms with Crippen LogP contribution in [0.25, 0.3) is 0 Å². The molecule has 1 aromatic rings. The van der Waals surface area contributed by atoms with E-state index >= 15 is 0 Å². The predicted molar refractivity (Wildman–Crippen MR) is 80.9 cm³/mol. The summed E-state index contributed by atoms with van der Waals surface area (Å²) < 4.78 is 7.39. The first-order valence-electron chi connectivity index (χ1n) is 7.72. The van der Waals surface area contributed by atoms with Gasteiger partial charge in [-0.3, -0.25) is 9.58 Å². The maximum Gasteiger partial charge on any atom is 0.0638 e. The van der Waals surface area contributed by atoms with E-state index in [2.05, 4.69) is 42.3 Å². The molecule has 20 heavy (non-hydrogen) atoms. The van der Waals surface area contributed by atoms with Crippen molar-refractivity contribution in [1.29, 1.82) is 0 Å². The predicted octanol–water partition coefficient (Wildman–Crippen LogP) is 1.58. The Morgan fingerprint density at radius 2 is 2.10 bits per heavy atom. The molecule has 1 aliphatic rings. The Bertz CT molecular complexity index is 397. The molecular formula is C15H28N4O. The van der Waals surface area contributed by atoms with Crippen LogP contribution in [0.3, 0.4) is 0 Å². The summed E-state index contributed by atoms with van der Waals surface area (Å²) in [5.41, 5.74) is 2.45. The Hall–Kier alpha value is -0.910. The molecule has 5 heteroatoms. The highest BCUT2D eigenvalue weighted by Crippen LogP contribution is 2.10. The number of rotatable bonds is 7. The minimum absolute atomic E-state index is 0.434. The highest BCUT2D eigenvalue weighted by atomic mass is 16.5. The van der Waals surface area contributed by atoms with Crippen molar-refractivity contribution >= 4 is 0 Å². The van der Waals surface area contributed by atoms with Gasteiger partial charge >= 0.3 is 0 Å². The van der Waals surface area contributed by atoms with Gasteiger partial charge in [-0.05, 0) is 40.3 Å². The number of nitrogens with one attached hydrogen (secondary N) is 1. The normalized spacial score (nSPS) is 17.0. The van der Waals surface area contributed by atoms with Gasteiger partial charge in [-0.2, -0.15) is 5.10 Å². The highest BCUT2D eigenvalue weighted by Gasteiger charge is 2.09. The largest absolute Gasteiger partial charge is 0.379 e. The van der Waals surface area contributed by atoms with E-state index in [1.165, 1.54) is 18.5 Å². The lowest BCUT2D eigenvalue weighted by atomic mass is 10.2. The van der Waals surface area contributed by atoms with Gasteiger partial charge in [0.15, 0.2) is 0 Å². The number of nitrogens with zero attached hydrogens (tertiary/aromatic N) is 3. The lowest BCUT2D eigenvalue weighted by Crippen LogP contribution is -2.37. The molecular weight excluding hydrogens is 252 g/mol. The number of aromatic nitrogens is 2. The van der Waals surface area contributed by atoms with E-state index in [4.69, 9.17) is 4.74 Å². The van der Waals surface area contributed by atoms with Crippen molar-refractivity contribution in [3.8, 4) is 0 Å². The summed E-state index contributed by atoms with van der Waals surface area (Å²) >= 11 is 0. The third-order valence-corrected chi connectivity index (χ3v) is 3.79. The van der Waals surface area contributed by atoms with Crippen molar-refractivity contribution in [2.75, 3.05) is 39.4 Å². The second kappa shape index (κ2) is 7.76. The lowest BCUT2D eigenvalue weighted by Gasteiger charge is -2.26. The molecule has 1 aliphatic heterocycles. The topological polar surface area (TPSA) is 42.3 Å². The van der Waals surface area contributed by atoms with Crippen LogP contribution in [0, 0.1) is 6.92 Å². The molecule has 0 amide bonds. The number of hydrogen-bond acceptors (Lipinski definition) is 4. The summed E-state index contributed by atoms with van der Waals surface area (Å²) in [4.78, 5) is 2.48. The van der Waals surface area contributed by atoms with Crippen molar-refractivity contribution in [3.05, 3.63) is 17.5 Å². The highest BCUT2D eigenvalue weighted by molar-refractivity contribution is 5.15. The first-order valence-corrected chi connectivity index (χ1v) is 7.72. The number of ether oxygens (including phenoxy) is 1. The molecule has 0 unspecified atom stereocenters. The molecule has 1 saturated heterocycles. The van der Waals surface area contributed by atoms with Crippen LogP contribution in [-0.4, -0.2) is 54.1 Å². The molecule has 0 saturated carbocycles. The van der Waals surface area contributed by atoms with E-state index < -0.39 is 0 Å². The molecule has 1 fully saturated rings. The van der Waals surface area contributed by atoms with Crippen molar-refractivity contribution in [3.63, 3.8) is 0 Å². The molecule has 0 aromatic carbocycles. The molecule has 0 atom stereocenters. The van der Waals surface area contributed by atoms with Gasteiger partial charge in [0.1, 0.15) is 0 Å². The fourth-order valence-corrected chi connectivity index (χ4v) is 2.43. The van der Waals surface area contributed by atoms with E-state index in [1.54, 1.807) is 0 Å². The quantitative estimate of drug-likeness (QED) is 0.770. The lowest BCUT2D eigenvalue weighted by molar-refractivity contribution is 0.0374. The molecule has 1 aromatic heterocycles. The number of hydrogen-bond donors (Lipinski definition) is 1. The van der Waals surface area contributed by atoms with E-state index in [0.29, 0.717) is 6.04 Å². The maximum absolute atomic E-state index is 5.35. The zero-order chi connectivity index (χ0) is 14.4. The summed E-state index contributed by atoms with van der Waals surface area (Å²) in [6.07, 6.45) is 3.35. The average molecular weight is 280 g/mol. The van der Waals surface area contributed by atoms with E-state index in [0.717, 1.165) is 45.1 Å². The third-order valence-electron chi connectivity index (χ3n) is 3.79. The average Bonchev–Trinajstić information content (AvgIpc) is 2.81. The minimum Gasteiger partial charge on any atom is -0.379 e. The van der Waals surface area contributed by atoms with Crippen LogP contribution in [0.15, 0.2) is 6.20 Å². The number of morpholine rings is 1. The van der Waals surface area contributed by atoms with Gasteiger partial charge in [0.25, 0.3) is 0 Å². The van der Waals surface area contributed by atoms with Crippen molar-refractivity contribution < 1.29 is 4.74 Å². The molecule has 2 rings (SSSR count). The fourth-order valence-electron chi connectivity index (χ4n) is 2.43. The molecule has 2 heterocycles. The van der Waals surface area contributed by atoms with E-state index in [9.17, 15) is 0 Å². The Labute approximate surface area is 122 Å². The summed E-state index contributed by atoms with van der Waals surface area (Å²) in [6.45, 7) is 13.5. The SMILES string of the molecule is Cc1nn(C(C)C)cc1CNCCCN1CCOCC1. The second-order valence-corrected chi connectivity index (χ2v) is 5.80. The third kappa shape index (κ3) is 4.58. The van der Waals surface area contributed by atoms with Crippen LogP contribution < -0.4 is 5.32 Å². The van der Waals surface area contributed by atoms with E-state index in [1.807, 2.05) is 4.68 Å². The van der Waals surface area contributed by atoms with Crippen LogP contribution in [-0.2, 0) is 11.3 Å². The molecule has 0 bridgehead atoms. The summed E-state index contributed by atoms with van der Waals surface area (Å²) in [7, 11) is 0. The van der Waals surface area contributed by atoms with E-state index in [-0.39, 0.29) is 0 Å². The molecule has 0 radical (unpaired) electrons. The monoisotopic (exact) mass is 280 g/mol.